The van der Waals surface area contributed by atoms with Crippen LogP contribution in [-0.2, 0) is 11.3 Å². The first kappa shape index (κ1) is 26.8. The molecule has 0 bridgehead atoms. The van der Waals surface area contributed by atoms with E-state index in [4.69, 9.17) is 4.99 Å². The van der Waals surface area contributed by atoms with Crippen molar-refractivity contribution in [2.24, 2.45) is 10.4 Å². The van der Waals surface area contributed by atoms with Gasteiger partial charge in [0.05, 0.1) is 6.04 Å². The van der Waals surface area contributed by atoms with Crippen LogP contribution in [-0.4, -0.2) is 35.8 Å². The highest BCUT2D eigenvalue weighted by atomic mass is 16.2. The minimum absolute atomic E-state index is 0.0863. The minimum Gasteiger partial charge on any atom is -0.347 e. The topological polar surface area (TPSA) is 56.7 Å². The van der Waals surface area contributed by atoms with Gasteiger partial charge in [-0.2, -0.15) is 0 Å². The number of aryl methyl sites for hydroxylation is 2. The monoisotopic (exact) mass is 452 g/mol. The lowest BCUT2D eigenvalue weighted by Gasteiger charge is -2.36. The smallest absolute Gasteiger partial charge is 0.270 e. The first-order valence-electron chi connectivity index (χ1n) is 12.2. The van der Waals surface area contributed by atoms with Gasteiger partial charge in [-0.3, -0.25) is 9.69 Å². The van der Waals surface area contributed by atoms with Crippen LogP contribution in [0.3, 0.4) is 0 Å². The molecule has 1 unspecified atom stereocenters. The summed E-state index contributed by atoms with van der Waals surface area (Å²) in [5.41, 5.74) is 5.81. The highest BCUT2D eigenvalue weighted by Gasteiger charge is 2.30. The van der Waals surface area contributed by atoms with E-state index in [0.717, 1.165) is 41.9 Å². The van der Waals surface area contributed by atoms with E-state index in [1.807, 2.05) is 6.92 Å². The lowest BCUT2D eigenvalue weighted by Crippen LogP contribution is -2.49. The van der Waals surface area contributed by atoms with E-state index < -0.39 is 0 Å². The molecule has 1 aliphatic heterocycles. The summed E-state index contributed by atoms with van der Waals surface area (Å²) < 4.78 is 0. The van der Waals surface area contributed by atoms with Crippen molar-refractivity contribution in [3.63, 3.8) is 0 Å². The maximum atomic E-state index is 13.2. The van der Waals surface area contributed by atoms with Crippen LogP contribution in [0.4, 0.5) is 0 Å². The van der Waals surface area contributed by atoms with Crippen LogP contribution in [0.25, 0.3) is 0 Å². The number of rotatable bonds is 10. The first-order chi connectivity index (χ1) is 15.4. The molecule has 1 amide bonds. The molecule has 182 valence electrons. The normalized spacial score (nSPS) is 15.6. The quantitative estimate of drug-likeness (QED) is 0.483. The number of aliphatic imine (C=N–C) groups is 1. The lowest BCUT2D eigenvalue weighted by atomic mass is 9.83. The lowest BCUT2D eigenvalue weighted by molar-refractivity contribution is -0.117. The molecule has 5 nitrogen and oxygen atoms in total. The number of hydrogen-bond acceptors (Lipinski definition) is 4. The van der Waals surface area contributed by atoms with E-state index in [1.54, 1.807) is 0 Å². The summed E-state index contributed by atoms with van der Waals surface area (Å²) in [4.78, 5) is 20.3. The number of benzene rings is 1. The van der Waals surface area contributed by atoms with Gasteiger partial charge in [0.1, 0.15) is 11.5 Å². The highest BCUT2D eigenvalue weighted by molar-refractivity contribution is 6.01. The number of hydrogen-bond donors (Lipinski definition) is 2. The van der Waals surface area contributed by atoms with Gasteiger partial charge in [-0.25, -0.2) is 4.99 Å². The molecule has 1 aromatic carbocycles. The Bertz CT molecular complexity index is 939. The third-order valence-electron chi connectivity index (χ3n) is 7.23. The van der Waals surface area contributed by atoms with Crippen LogP contribution in [0, 0.1) is 19.3 Å². The Hall–Kier alpha value is -2.40. The predicted octanol–water partition coefficient (Wildman–Crippen LogP) is 5.63. The van der Waals surface area contributed by atoms with Crippen LogP contribution < -0.4 is 10.6 Å². The van der Waals surface area contributed by atoms with Crippen LogP contribution in [0.5, 0.6) is 0 Å². The Morgan fingerprint density at radius 1 is 1.21 bits per heavy atom. The maximum Gasteiger partial charge on any atom is 0.270 e. The Morgan fingerprint density at radius 2 is 1.88 bits per heavy atom. The fourth-order valence-corrected chi connectivity index (χ4v) is 3.78. The molecule has 1 aromatic rings. The van der Waals surface area contributed by atoms with Crippen LogP contribution in [0.15, 0.2) is 46.7 Å². The number of likely N-dealkylation sites (N-methyl/N-ethyl adjacent to an activating group) is 1. The number of amidine groups is 1. The second-order valence-electron chi connectivity index (χ2n) is 10.5. The summed E-state index contributed by atoms with van der Waals surface area (Å²) in [6.45, 7) is 22.0. The molecular formula is C28H44N4O. The standard InChI is InChI=1S/C28H44N4O/c1-11-28(8,9)15-14-24(32(10)18(2)3)26-30-22(7)21(6)25(31-26)27(33)29-17-23-13-12-19(4)20(5)16-23/h12-13,16,18,24H,7,11,14-15,17H2,1-6,8-10H3,(H,29,33)(H,30,31). The summed E-state index contributed by atoms with van der Waals surface area (Å²) in [6, 6.07) is 6.71. The number of nitrogens with one attached hydrogen (secondary N) is 2. The van der Waals surface area contributed by atoms with Crippen molar-refractivity contribution in [2.45, 2.75) is 93.3 Å². The van der Waals surface area contributed by atoms with Gasteiger partial charge in [-0.05, 0) is 76.6 Å². The molecule has 1 aliphatic rings. The van der Waals surface area contributed by atoms with Gasteiger partial charge < -0.3 is 10.6 Å². The zero-order valence-corrected chi connectivity index (χ0v) is 22.2. The SMILES string of the molecule is C=C1NC(C(CCC(C)(C)CC)N(C)C(C)C)=NC(C(=O)NCc2ccc(C)c(C)c2)=C1C. The number of allylic oxidation sites excluding steroid dienone is 1. The molecule has 0 saturated carbocycles. The van der Waals surface area contributed by atoms with Gasteiger partial charge >= 0.3 is 0 Å². The summed E-state index contributed by atoms with van der Waals surface area (Å²) in [5, 5.41) is 6.46. The fraction of sp³-hybridized carbons (Fsp3) is 0.571. The van der Waals surface area contributed by atoms with Crippen molar-refractivity contribution < 1.29 is 4.79 Å². The van der Waals surface area contributed by atoms with Crippen molar-refractivity contribution in [3.05, 3.63) is 58.4 Å². The molecule has 0 fully saturated rings. The van der Waals surface area contributed by atoms with E-state index >= 15 is 0 Å². The second-order valence-corrected chi connectivity index (χ2v) is 10.5. The molecule has 1 atom stereocenters. The minimum atomic E-state index is -0.161. The first-order valence-corrected chi connectivity index (χ1v) is 12.2. The largest absolute Gasteiger partial charge is 0.347 e. The number of amides is 1. The summed E-state index contributed by atoms with van der Waals surface area (Å²) >= 11 is 0. The Kier molecular flexibility index (Phi) is 9.07. The highest BCUT2D eigenvalue weighted by Crippen LogP contribution is 2.29. The van der Waals surface area contributed by atoms with Crippen LogP contribution >= 0.6 is 0 Å². The maximum absolute atomic E-state index is 13.2. The van der Waals surface area contributed by atoms with E-state index in [1.165, 1.54) is 11.1 Å². The summed E-state index contributed by atoms with van der Waals surface area (Å²) in [7, 11) is 2.13. The van der Waals surface area contributed by atoms with E-state index in [-0.39, 0.29) is 17.4 Å². The van der Waals surface area contributed by atoms with E-state index in [2.05, 4.69) is 95.8 Å². The molecule has 33 heavy (non-hydrogen) atoms. The van der Waals surface area contributed by atoms with Gasteiger partial charge in [-0.1, -0.05) is 52.0 Å². The Morgan fingerprint density at radius 3 is 2.45 bits per heavy atom. The fourth-order valence-electron chi connectivity index (χ4n) is 3.78. The van der Waals surface area contributed by atoms with Crippen molar-refractivity contribution >= 4 is 11.7 Å². The van der Waals surface area contributed by atoms with E-state index in [9.17, 15) is 4.79 Å². The zero-order valence-electron chi connectivity index (χ0n) is 22.2. The number of carbonyl (C=O) groups is 1. The van der Waals surface area contributed by atoms with Gasteiger partial charge in [0.15, 0.2) is 0 Å². The average molecular weight is 453 g/mol. The molecule has 1 heterocycles. The zero-order chi connectivity index (χ0) is 24.9. The van der Waals surface area contributed by atoms with Crippen LogP contribution in [0.2, 0.25) is 0 Å². The van der Waals surface area contributed by atoms with Crippen LogP contribution in [0.1, 0.15) is 77.5 Å². The average Bonchev–Trinajstić information content (AvgIpc) is 2.76. The summed E-state index contributed by atoms with van der Waals surface area (Å²) in [6.07, 6.45) is 3.17. The summed E-state index contributed by atoms with van der Waals surface area (Å²) in [5.74, 6) is 0.649. The molecule has 5 heteroatoms. The van der Waals surface area contributed by atoms with Crippen molar-refractivity contribution in [1.82, 2.24) is 15.5 Å². The van der Waals surface area contributed by atoms with Gasteiger partial charge in [0.2, 0.25) is 0 Å². The van der Waals surface area contributed by atoms with E-state index in [0.29, 0.717) is 18.3 Å². The van der Waals surface area contributed by atoms with Gasteiger partial charge in [-0.15, -0.1) is 0 Å². The molecule has 0 saturated heterocycles. The molecule has 0 spiro atoms. The number of carbonyl (C=O) groups excluding carboxylic acids is 1. The third kappa shape index (κ3) is 7.04. The van der Waals surface area contributed by atoms with Crippen molar-refractivity contribution in [1.29, 1.82) is 0 Å². The molecule has 2 rings (SSSR count). The molecular weight excluding hydrogens is 408 g/mol. The van der Waals surface area contributed by atoms with Gasteiger partial charge in [0, 0.05) is 23.9 Å². The van der Waals surface area contributed by atoms with Gasteiger partial charge in [0.25, 0.3) is 5.91 Å². The molecule has 2 N–H and O–H groups in total. The molecule has 0 aliphatic carbocycles. The third-order valence-corrected chi connectivity index (χ3v) is 7.23. The molecule has 0 radical (unpaired) electrons. The second kappa shape index (κ2) is 11.1. The Balaban J connectivity index is 2.27. The van der Waals surface area contributed by atoms with Crippen molar-refractivity contribution in [3.8, 4) is 0 Å². The predicted molar refractivity (Wildman–Crippen MR) is 140 cm³/mol. The number of nitrogens with zero attached hydrogens (tertiary/aromatic N) is 2. The van der Waals surface area contributed by atoms with Crippen molar-refractivity contribution in [2.75, 3.05) is 7.05 Å². The Labute approximate surface area is 201 Å². The molecule has 0 aromatic heterocycles.